The Morgan fingerprint density at radius 3 is 2.48 bits per heavy atom. The molecular weight excluding hydrogens is 388 g/mol. The fourth-order valence-electron chi connectivity index (χ4n) is 3.75. The smallest absolute Gasteiger partial charge is 0.318 e. The van der Waals surface area contributed by atoms with Crippen LogP contribution in [0.3, 0.4) is 0 Å². The Balaban J connectivity index is 2.26. The third-order valence-electron chi connectivity index (χ3n) is 5.33. The third-order valence-corrected chi connectivity index (χ3v) is 5.33. The Bertz CT molecular complexity index is 1170. The minimum atomic E-state index is -0.412. The number of nitrogens with one attached hydrogen (secondary N) is 1. The number of aromatic nitrogens is 2. The van der Waals surface area contributed by atoms with Crippen molar-refractivity contribution < 1.29 is 4.79 Å². The van der Waals surface area contributed by atoms with Gasteiger partial charge in [-0.2, -0.15) is 0 Å². The maximum absolute atomic E-state index is 13.6. The number of amides is 2. The van der Waals surface area contributed by atoms with E-state index in [-0.39, 0.29) is 17.1 Å². The van der Waals surface area contributed by atoms with Crippen LogP contribution in [0.25, 0.3) is 16.6 Å². The predicted octanol–water partition coefficient (Wildman–Crippen LogP) is 4.89. The normalized spacial score (nSPS) is 12.6. The molecule has 0 radical (unpaired) electrons. The zero-order valence-electron chi connectivity index (χ0n) is 19.5. The molecule has 31 heavy (non-hydrogen) atoms. The molecule has 3 rings (SSSR count). The Hall–Kier alpha value is -3.15. The van der Waals surface area contributed by atoms with Crippen molar-refractivity contribution in [2.45, 2.75) is 60.0 Å². The summed E-state index contributed by atoms with van der Waals surface area (Å²) >= 11 is 0. The highest BCUT2D eigenvalue weighted by molar-refractivity contribution is 5.78. The van der Waals surface area contributed by atoms with E-state index >= 15 is 0 Å². The number of hydrogen-bond acceptors (Lipinski definition) is 3. The minimum absolute atomic E-state index is 0.131. The lowest BCUT2D eigenvalue weighted by molar-refractivity contribution is 0.171. The maximum Gasteiger partial charge on any atom is 0.318 e. The van der Waals surface area contributed by atoms with Gasteiger partial charge < -0.3 is 10.2 Å². The van der Waals surface area contributed by atoms with Crippen molar-refractivity contribution in [2.75, 3.05) is 6.54 Å². The Morgan fingerprint density at radius 1 is 1.16 bits per heavy atom. The summed E-state index contributed by atoms with van der Waals surface area (Å²) in [6, 6.07) is 12.8. The van der Waals surface area contributed by atoms with E-state index in [0.717, 1.165) is 16.8 Å². The van der Waals surface area contributed by atoms with E-state index in [1.807, 2.05) is 84.9 Å². The van der Waals surface area contributed by atoms with Gasteiger partial charge in [-0.3, -0.25) is 9.36 Å². The second kappa shape index (κ2) is 8.53. The van der Waals surface area contributed by atoms with Gasteiger partial charge in [0, 0.05) is 12.1 Å². The second-order valence-corrected chi connectivity index (χ2v) is 9.06. The molecule has 0 saturated heterocycles. The van der Waals surface area contributed by atoms with Gasteiger partial charge in [0.2, 0.25) is 0 Å². The number of aryl methyl sites for hydroxylation is 2. The Morgan fingerprint density at radius 2 is 1.84 bits per heavy atom. The van der Waals surface area contributed by atoms with Crippen LogP contribution in [0, 0.1) is 13.8 Å². The molecule has 0 bridgehead atoms. The first-order valence-corrected chi connectivity index (χ1v) is 10.7. The molecule has 6 nitrogen and oxygen atoms in total. The number of urea groups is 1. The van der Waals surface area contributed by atoms with Gasteiger partial charge in [-0.15, -0.1) is 0 Å². The van der Waals surface area contributed by atoms with Crippen LogP contribution in [-0.2, 0) is 0 Å². The number of carbonyl (C=O) groups excluding carboxylic acids is 1. The zero-order valence-corrected chi connectivity index (χ0v) is 19.5. The standard InChI is InChI=1S/C25H32N4O2/c1-8-28(24(31)27-25(5,6)7)18(4)22-26-20-12-10-9-11-19(20)23(30)29(22)21-15-16(2)13-14-17(21)3/h9-15,18H,8H2,1-7H3,(H,27,31). The van der Waals surface area contributed by atoms with Crippen molar-refractivity contribution in [3.8, 4) is 5.69 Å². The largest absolute Gasteiger partial charge is 0.333 e. The number of carbonyl (C=O) groups is 1. The van der Waals surface area contributed by atoms with E-state index in [0.29, 0.717) is 23.3 Å². The number of benzene rings is 2. The molecular formula is C25H32N4O2. The lowest BCUT2D eigenvalue weighted by atomic mass is 10.1. The van der Waals surface area contributed by atoms with Gasteiger partial charge in [0.25, 0.3) is 5.56 Å². The molecule has 1 heterocycles. The van der Waals surface area contributed by atoms with E-state index < -0.39 is 6.04 Å². The van der Waals surface area contributed by atoms with Gasteiger partial charge in [-0.1, -0.05) is 24.3 Å². The monoisotopic (exact) mass is 420 g/mol. The van der Waals surface area contributed by atoms with Crippen LogP contribution in [0.5, 0.6) is 0 Å². The summed E-state index contributed by atoms with van der Waals surface area (Å²) in [6.07, 6.45) is 0. The Kier molecular flexibility index (Phi) is 6.20. The molecule has 164 valence electrons. The third kappa shape index (κ3) is 4.63. The van der Waals surface area contributed by atoms with Gasteiger partial charge in [0.15, 0.2) is 0 Å². The topological polar surface area (TPSA) is 67.2 Å². The van der Waals surface area contributed by atoms with E-state index in [4.69, 9.17) is 4.98 Å². The first-order chi connectivity index (χ1) is 14.5. The predicted molar refractivity (Wildman–Crippen MR) is 126 cm³/mol. The summed E-state index contributed by atoms with van der Waals surface area (Å²) < 4.78 is 1.67. The summed E-state index contributed by atoms with van der Waals surface area (Å²) in [4.78, 5) is 33.2. The minimum Gasteiger partial charge on any atom is -0.333 e. The van der Waals surface area contributed by atoms with E-state index in [9.17, 15) is 9.59 Å². The number of fused-ring (bicyclic) bond motifs is 1. The average molecular weight is 421 g/mol. The quantitative estimate of drug-likeness (QED) is 0.653. The van der Waals surface area contributed by atoms with E-state index in [1.165, 1.54) is 0 Å². The molecule has 1 N–H and O–H groups in total. The van der Waals surface area contributed by atoms with Crippen LogP contribution < -0.4 is 10.9 Å². The molecule has 3 aromatic rings. The molecule has 1 unspecified atom stereocenters. The highest BCUT2D eigenvalue weighted by Crippen LogP contribution is 2.25. The molecule has 1 atom stereocenters. The zero-order chi connectivity index (χ0) is 22.9. The summed E-state index contributed by atoms with van der Waals surface area (Å²) in [5.74, 6) is 0.545. The van der Waals surface area contributed by atoms with Crippen LogP contribution in [0.15, 0.2) is 47.3 Å². The summed E-state index contributed by atoms with van der Waals surface area (Å²) in [5, 5.41) is 3.58. The maximum atomic E-state index is 13.6. The fraction of sp³-hybridized carbons (Fsp3) is 0.400. The van der Waals surface area contributed by atoms with Crippen molar-refractivity contribution in [1.82, 2.24) is 19.8 Å². The van der Waals surface area contributed by atoms with Crippen molar-refractivity contribution >= 4 is 16.9 Å². The average Bonchev–Trinajstić information content (AvgIpc) is 2.69. The molecule has 1 aromatic heterocycles. The fourth-order valence-corrected chi connectivity index (χ4v) is 3.75. The van der Waals surface area contributed by atoms with Crippen LogP contribution in [0.4, 0.5) is 4.79 Å². The van der Waals surface area contributed by atoms with Gasteiger partial charge in [0.1, 0.15) is 5.82 Å². The van der Waals surface area contributed by atoms with E-state index in [2.05, 4.69) is 5.32 Å². The van der Waals surface area contributed by atoms with Gasteiger partial charge >= 0.3 is 6.03 Å². The lowest BCUT2D eigenvalue weighted by Crippen LogP contribution is -2.49. The van der Waals surface area contributed by atoms with Crippen molar-refractivity contribution in [3.05, 3.63) is 69.8 Å². The first-order valence-electron chi connectivity index (χ1n) is 10.7. The Labute approximate surface area is 183 Å². The van der Waals surface area contributed by atoms with E-state index in [1.54, 1.807) is 15.5 Å². The van der Waals surface area contributed by atoms with Gasteiger partial charge in [-0.05, 0) is 77.8 Å². The number of para-hydroxylation sites is 1. The summed E-state index contributed by atoms with van der Waals surface area (Å²) in [7, 11) is 0. The molecule has 0 spiro atoms. The van der Waals surface area contributed by atoms with Crippen LogP contribution in [0.1, 0.15) is 57.6 Å². The van der Waals surface area contributed by atoms with Gasteiger partial charge in [-0.25, -0.2) is 9.78 Å². The molecule has 2 aromatic carbocycles. The van der Waals surface area contributed by atoms with Crippen molar-refractivity contribution in [2.24, 2.45) is 0 Å². The highest BCUT2D eigenvalue weighted by atomic mass is 16.2. The molecule has 6 heteroatoms. The molecule has 0 aliphatic rings. The molecule has 0 aliphatic heterocycles. The first kappa shape index (κ1) is 22.5. The van der Waals surface area contributed by atoms with Crippen LogP contribution in [-0.4, -0.2) is 32.6 Å². The van der Waals surface area contributed by atoms with Gasteiger partial charge in [0.05, 0.1) is 22.6 Å². The molecule has 0 saturated carbocycles. The molecule has 2 amide bonds. The van der Waals surface area contributed by atoms with Crippen LogP contribution >= 0.6 is 0 Å². The lowest BCUT2D eigenvalue weighted by Gasteiger charge is -2.32. The SMILES string of the molecule is CCN(C(=O)NC(C)(C)C)C(C)c1nc2ccccc2c(=O)n1-c1cc(C)ccc1C. The number of nitrogens with zero attached hydrogens (tertiary/aromatic N) is 3. The summed E-state index contributed by atoms with van der Waals surface area (Å²) in [5.41, 5.74) is 2.94. The highest BCUT2D eigenvalue weighted by Gasteiger charge is 2.28. The number of hydrogen-bond donors (Lipinski definition) is 1. The second-order valence-electron chi connectivity index (χ2n) is 9.06. The molecule has 0 fully saturated rings. The summed E-state index contributed by atoms with van der Waals surface area (Å²) in [6.45, 7) is 14.2. The van der Waals surface area contributed by atoms with Crippen molar-refractivity contribution in [3.63, 3.8) is 0 Å². The van der Waals surface area contributed by atoms with Crippen molar-refractivity contribution in [1.29, 1.82) is 0 Å². The van der Waals surface area contributed by atoms with Crippen LogP contribution in [0.2, 0.25) is 0 Å². The number of rotatable bonds is 4. The molecule has 0 aliphatic carbocycles.